The van der Waals surface area contributed by atoms with Crippen molar-refractivity contribution >= 4 is 11.7 Å². The number of benzene rings is 1. The highest BCUT2D eigenvalue weighted by Gasteiger charge is 2.30. The molecule has 31 heavy (non-hydrogen) atoms. The van der Waals surface area contributed by atoms with Crippen LogP contribution in [0.1, 0.15) is 66.9 Å². The van der Waals surface area contributed by atoms with E-state index in [9.17, 15) is 5.11 Å². The van der Waals surface area contributed by atoms with Gasteiger partial charge in [0.05, 0.1) is 11.3 Å². The average Bonchev–Trinajstić information content (AvgIpc) is 3.07. The first-order chi connectivity index (χ1) is 14.9. The first kappa shape index (κ1) is 21.7. The van der Waals surface area contributed by atoms with Gasteiger partial charge < -0.3 is 10.4 Å². The molecule has 5 nitrogen and oxygen atoms in total. The van der Waals surface area contributed by atoms with Gasteiger partial charge in [0.15, 0.2) is 5.65 Å². The van der Waals surface area contributed by atoms with Gasteiger partial charge in [-0.1, -0.05) is 43.3 Å². The van der Waals surface area contributed by atoms with Crippen molar-refractivity contribution in [2.45, 2.75) is 71.4 Å². The lowest BCUT2D eigenvalue weighted by Gasteiger charge is -2.35. The number of piperidine rings is 1. The number of nitrogens with zero attached hydrogens (tertiary/aromatic N) is 3. The fourth-order valence-corrected chi connectivity index (χ4v) is 4.72. The van der Waals surface area contributed by atoms with E-state index in [-0.39, 0.29) is 0 Å². The maximum Gasteiger partial charge on any atom is 0.159 e. The predicted molar refractivity (Wildman–Crippen MR) is 126 cm³/mol. The van der Waals surface area contributed by atoms with Crippen molar-refractivity contribution < 1.29 is 5.11 Å². The van der Waals surface area contributed by atoms with E-state index in [1.807, 2.05) is 11.4 Å². The summed E-state index contributed by atoms with van der Waals surface area (Å²) in [5, 5.41) is 19.0. The fourth-order valence-electron chi connectivity index (χ4n) is 4.72. The molecule has 1 aliphatic heterocycles. The van der Waals surface area contributed by atoms with E-state index in [0.29, 0.717) is 12.5 Å². The summed E-state index contributed by atoms with van der Waals surface area (Å²) in [4.78, 5) is 4.78. The lowest BCUT2D eigenvalue weighted by molar-refractivity contribution is 0.00128. The van der Waals surface area contributed by atoms with Crippen LogP contribution in [0.5, 0.6) is 0 Å². The maximum atomic E-state index is 10.8. The van der Waals surface area contributed by atoms with Crippen LogP contribution in [0.25, 0.3) is 11.7 Å². The third-order valence-electron chi connectivity index (χ3n) is 6.35. The van der Waals surface area contributed by atoms with E-state index in [1.165, 1.54) is 11.1 Å². The minimum Gasteiger partial charge on any atom is -0.389 e. The number of hydrogen-bond donors (Lipinski definition) is 2. The fraction of sp³-hybridized carbons (Fsp3) is 0.462. The molecule has 0 unspecified atom stereocenters. The van der Waals surface area contributed by atoms with E-state index in [4.69, 9.17) is 10.1 Å². The number of nitrogens with one attached hydrogen (secondary N) is 1. The molecule has 2 atom stereocenters. The minimum atomic E-state index is -0.579. The Morgan fingerprint density at radius 3 is 2.74 bits per heavy atom. The Kier molecular flexibility index (Phi) is 6.26. The molecule has 5 heteroatoms. The number of aryl methyl sites for hydroxylation is 3. The molecule has 0 spiro atoms. The Hall–Kier alpha value is -2.50. The molecule has 0 aliphatic carbocycles. The van der Waals surface area contributed by atoms with Crippen molar-refractivity contribution in [1.82, 2.24) is 19.9 Å². The molecule has 2 aromatic heterocycles. The Labute approximate surface area is 185 Å². The zero-order valence-corrected chi connectivity index (χ0v) is 19.2. The van der Waals surface area contributed by atoms with Crippen molar-refractivity contribution in [2.75, 3.05) is 6.54 Å². The van der Waals surface area contributed by atoms with Gasteiger partial charge in [0.25, 0.3) is 0 Å². The van der Waals surface area contributed by atoms with Crippen molar-refractivity contribution in [1.29, 1.82) is 0 Å². The number of rotatable bonds is 6. The Balaban J connectivity index is 1.48. The highest BCUT2D eigenvalue weighted by Crippen LogP contribution is 2.26. The summed E-state index contributed by atoms with van der Waals surface area (Å²) < 4.78 is 1.98. The Morgan fingerprint density at radius 2 is 2.03 bits per heavy atom. The van der Waals surface area contributed by atoms with Crippen LogP contribution < -0.4 is 5.32 Å². The maximum absolute atomic E-state index is 10.8. The van der Waals surface area contributed by atoms with Gasteiger partial charge in [-0.3, -0.25) is 0 Å². The average molecular weight is 419 g/mol. The molecule has 0 saturated carbocycles. The lowest BCUT2D eigenvalue weighted by atomic mass is 9.85. The highest BCUT2D eigenvalue weighted by atomic mass is 16.3. The third kappa shape index (κ3) is 4.89. The molecule has 3 heterocycles. The highest BCUT2D eigenvalue weighted by molar-refractivity contribution is 5.55. The molecule has 1 aromatic carbocycles. The molecular weight excluding hydrogens is 384 g/mol. The zero-order valence-electron chi connectivity index (χ0n) is 19.2. The number of fused-ring (bicyclic) bond motifs is 1. The first-order valence-electron chi connectivity index (χ1n) is 11.4. The molecule has 0 amide bonds. The van der Waals surface area contributed by atoms with E-state index in [1.54, 1.807) is 0 Å². The number of hydrogen-bond acceptors (Lipinski definition) is 4. The monoisotopic (exact) mass is 418 g/mol. The largest absolute Gasteiger partial charge is 0.389 e. The number of aliphatic hydroxyl groups is 1. The van der Waals surface area contributed by atoms with Crippen LogP contribution in [0.15, 0.2) is 36.4 Å². The van der Waals surface area contributed by atoms with E-state index >= 15 is 0 Å². The SMILES string of the molecule is CCc1nn2c(C)cc(C)nc2c1Cc1ccc(C=CC[C@]2(O)CCN[C@@H](C)C2)cc1. The first-order valence-corrected chi connectivity index (χ1v) is 11.4. The van der Waals surface area contributed by atoms with Gasteiger partial charge in [0.2, 0.25) is 0 Å². The van der Waals surface area contributed by atoms with Crippen LogP contribution in [0.3, 0.4) is 0 Å². The van der Waals surface area contributed by atoms with Gasteiger partial charge >= 0.3 is 0 Å². The summed E-state index contributed by atoms with van der Waals surface area (Å²) in [6.07, 6.45) is 8.29. The summed E-state index contributed by atoms with van der Waals surface area (Å²) >= 11 is 0. The predicted octanol–water partition coefficient (Wildman–Crippen LogP) is 4.41. The molecule has 3 aromatic rings. The summed E-state index contributed by atoms with van der Waals surface area (Å²) in [6.45, 7) is 9.30. The van der Waals surface area contributed by atoms with E-state index in [2.05, 4.69) is 68.6 Å². The van der Waals surface area contributed by atoms with Crippen molar-refractivity contribution in [3.05, 3.63) is 70.2 Å². The third-order valence-corrected chi connectivity index (χ3v) is 6.35. The molecular formula is C26H34N4O. The van der Waals surface area contributed by atoms with Crippen molar-refractivity contribution in [3.8, 4) is 0 Å². The molecule has 0 radical (unpaired) electrons. The van der Waals surface area contributed by atoms with Crippen LogP contribution >= 0.6 is 0 Å². The molecule has 164 valence electrons. The molecule has 0 bridgehead atoms. The van der Waals surface area contributed by atoms with E-state index < -0.39 is 5.60 Å². The van der Waals surface area contributed by atoms with Gasteiger partial charge in [-0.2, -0.15) is 5.10 Å². The minimum absolute atomic E-state index is 0.376. The van der Waals surface area contributed by atoms with E-state index in [0.717, 1.165) is 60.5 Å². The van der Waals surface area contributed by atoms with Gasteiger partial charge in [0.1, 0.15) is 0 Å². The summed E-state index contributed by atoms with van der Waals surface area (Å²) in [6, 6.07) is 11.1. The standard InChI is InChI=1S/C26H34N4O/c1-5-24-23(25-28-18(2)15-20(4)30(25)29-24)16-22-10-8-21(9-11-22)7-6-12-26(31)13-14-27-19(3)17-26/h6-11,15,19,27,31H,5,12-14,16-17H2,1-4H3/t19-,26-/m0/s1. The van der Waals surface area contributed by atoms with Crippen LogP contribution in [0.2, 0.25) is 0 Å². The van der Waals surface area contributed by atoms with Gasteiger partial charge in [0, 0.05) is 29.4 Å². The second kappa shape index (κ2) is 8.93. The van der Waals surface area contributed by atoms with Gasteiger partial charge in [-0.05, 0) is 70.2 Å². The molecule has 4 rings (SSSR count). The summed E-state index contributed by atoms with van der Waals surface area (Å²) in [5.74, 6) is 0. The molecule has 1 fully saturated rings. The Bertz CT molecular complexity index is 1080. The number of aromatic nitrogens is 3. The summed E-state index contributed by atoms with van der Waals surface area (Å²) in [7, 11) is 0. The van der Waals surface area contributed by atoms with Gasteiger partial charge in [-0.15, -0.1) is 0 Å². The van der Waals surface area contributed by atoms with Crippen LogP contribution in [0, 0.1) is 13.8 Å². The van der Waals surface area contributed by atoms with Crippen LogP contribution in [-0.2, 0) is 12.8 Å². The molecule has 1 aliphatic rings. The van der Waals surface area contributed by atoms with Crippen LogP contribution in [-0.4, -0.2) is 37.9 Å². The quantitative estimate of drug-likeness (QED) is 0.623. The second-order valence-corrected chi connectivity index (χ2v) is 9.11. The van der Waals surface area contributed by atoms with Crippen molar-refractivity contribution in [3.63, 3.8) is 0 Å². The lowest BCUT2D eigenvalue weighted by Crippen LogP contribution is -2.46. The zero-order chi connectivity index (χ0) is 22.0. The molecule has 1 saturated heterocycles. The topological polar surface area (TPSA) is 62.5 Å². The van der Waals surface area contributed by atoms with Crippen molar-refractivity contribution in [2.24, 2.45) is 0 Å². The van der Waals surface area contributed by atoms with Gasteiger partial charge in [-0.25, -0.2) is 9.50 Å². The Morgan fingerprint density at radius 1 is 1.26 bits per heavy atom. The molecule has 2 N–H and O–H groups in total. The van der Waals surface area contributed by atoms with Crippen LogP contribution in [0.4, 0.5) is 0 Å². The smallest absolute Gasteiger partial charge is 0.159 e. The normalized spacial score (nSPS) is 21.9. The second-order valence-electron chi connectivity index (χ2n) is 9.11. The summed E-state index contributed by atoms with van der Waals surface area (Å²) in [5.41, 5.74) is 7.30.